The van der Waals surface area contributed by atoms with Crippen LogP contribution in [0.5, 0.6) is 5.75 Å². The van der Waals surface area contributed by atoms with Crippen molar-refractivity contribution >= 4 is 49.5 Å². The average molecular weight is 512 g/mol. The third kappa shape index (κ3) is 6.05. The van der Waals surface area contributed by atoms with Gasteiger partial charge in [-0.05, 0) is 48.0 Å². The monoisotopic (exact) mass is 510 g/mol. The Hall–Kier alpha value is -2.88. The number of rotatable bonds is 6. The quantitative estimate of drug-likeness (QED) is 0.310. The number of amides is 1. The van der Waals surface area contributed by atoms with Crippen molar-refractivity contribution in [2.45, 2.75) is 6.61 Å². The summed E-state index contributed by atoms with van der Waals surface area (Å²) in [6.45, 7) is 0.384. The van der Waals surface area contributed by atoms with Crippen molar-refractivity contribution < 1.29 is 9.53 Å². The lowest BCUT2D eigenvalue weighted by Gasteiger charge is -2.11. The van der Waals surface area contributed by atoms with Crippen LogP contribution in [0.3, 0.4) is 0 Å². The van der Waals surface area contributed by atoms with E-state index in [0.29, 0.717) is 23.6 Å². The van der Waals surface area contributed by atoms with Crippen LogP contribution in [0.25, 0.3) is 6.08 Å². The van der Waals surface area contributed by atoms with Gasteiger partial charge in [0.1, 0.15) is 24.0 Å². The Morgan fingerprint density at radius 3 is 2.48 bits per heavy atom. The minimum absolute atomic E-state index is 0.0207. The normalized spacial score (nSPS) is 10.9. The number of nitrogens with one attached hydrogen (secondary N) is 1. The average Bonchev–Trinajstić information content (AvgIpc) is 2.72. The van der Waals surface area contributed by atoms with E-state index in [2.05, 4.69) is 37.2 Å². The zero-order valence-electron chi connectivity index (χ0n) is 15.2. The van der Waals surface area contributed by atoms with Crippen LogP contribution in [0.15, 0.2) is 87.3 Å². The number of hydrogen-bond donors (Lipinski definition) is 1. The minimum Gasteiger partial charge on any atom is -0.488 e. The lowest BCUT2D eigenvalue weighted by molar-refractivity contribution is -0.112. The largest absolute Gasteiger partial charge is 0.488 e. The van der Waals surface area contributed by atoms with Gasteiger partial charge in [0, 0.05) is 20.2 Å². The molecule has 4 nitrogen and oxygen atoms in total. The van der Waals surface area contributed by atoms with Crippen LogP contribution in [0.2, 0.25) is 0 Å². The summed E-state index contributed by atoms with van der Waals surface area (Å²) in [5.74, 6) is 0.0969. The molecule has 0 atom stereocenters. The number of hydrogen-bond acceptors (Lipinski definition) is 3. The van der Waals surface area contributed by atoms with Crippen molar-refractivity contribution in [3.05, 3.63) is 98.4 Å². The predicted molar refractivity (Wildman–Crippen MR) is 121 cm³/mol. The molecule has 1 N–H and O–H groups in total. The molecule has 3 rings (SSSR count). The fraction of sp³-hybridized carbons (Fsp3) is 0.0435. The highest BCUT2D eigenvalue weighted by atomic mass is 79.9. The van der Waals surface area contributed by atoms with Crippen molar-refractivity contribution in [3.63, 3.8) is 0 Å². The fourth-order valence-electron chi connectivity index (χ4n) is 2.57. The topological polar surface area (TPSA) is 62.1 Å². The molecule has 0 heterocycles. The number of ether oxygens (including phenoxy) is 1. The summed E-state index contributed by atoms with van der Waals surface area (Å²) in [6.07, 6.45) is 1.53. The highest BCUT2D eigenvalue weighted by Crippen LogP contribution is 2.27. The SMILES string of the molecule is N#C/C(=C/c1cc(Br)ccc1OCc1ccccc1)C(=O)Nc1cccc(Br)c1. The molecule has 6 heteroatoms. The van der Waals surface area contributed by atoms with Crippen LogP contribution in [0.1, 0.15) is 11.1 Å². The highest BCUT2D eigenvalue weighted by molar-refractivity contribution is 9.10. The van der Waals surface area contributed by atoms with Gasteiger partial charge in [-0.3, -0.25) is 4.79 Å². The Morgan fingerprint density at radius 1 is 1.00 bits per heavy atom. The maximum absolute atomic E-state index is 12.6. The van der Waals surface area contributed by atoms with Crippen LogP contribution in [0, 0.1) is 11.3 Å². The van der Waals surface area contributed by atoms with Gasteiger partial charge >= 0.3 is 0 Å². The molecule has 3 aromatic carbocycles. The van der Waals surface area contributed by atoms with Crippen molar-refractivity contribution in [2.75, 3.05) is 5.32 Å². The first-order valence-corrected chi connectivity index (χ1v) is 10.3. The summed E-state index contributed by atoms with van der Waals surface area (Å²) in [4.78, 5) is 12.6. The van der Waals surface area contributed by atoms with Gasteiger partial charge in [0.2, 0.25) is 0 Å². The number of anilines is 1. The summed E-state index contributed by atoms with van der Waals surface area (Å²) in [6, 6.07) is 24.4. The van der Waals surface area contributed by atoms with Crippen LogP contribution in [-0.4, -0.2) is 5.91 Å². The maximum atomic E-state index is 12.6. The van der Waals surface area contributed by atoms with E-state index in [1.165, 1.54) is 6.08 Å². The van der Waals surface area contributed by atoms with Gasteiger partial charge in [0.05, 0.1) is 0 Å². The van der Waals surface area contributed by atoms with E-state index < -0.39 is 5.91 Å². The van der Waals surface area contributed by atoms with Gasteiger partial charge < -0.3 is 10.1 Å². The fourth-order valence-corrected chi connectivity index (χ4v) is 3.35. The molecular formula is C23H16Br2N2O2. The summed E-state index contributed by atoms with van der Waals surface area (Å²) < 4.78 is 7.58. The molecule has 3 aromatic rings. The van der Waals surface area contributed by atoms with Gasteiger partial charge in [-0.25, -0.2) is 0 Å². The number of nitriles is 1. The van der Waals surface area contributed by atoms with E-state index in [4.69, 9.17) is 4.74 Å². The van der Waals surface area contributed by atoms with Crippen molar-refractivity contribution in [3.8, 4) is 11.8 Å². The molecule has 0 aliphatic heterocycles. The second kappa shape index (κ2) is 10.1. The van der Waals surface area contributed by atoms with Crippen molar-refractivity contribution in [1.82, 2.24) is 0 Å². The Labute approximate surface area is 186 Å². The first-order valence-electron chi connectivity index (χ1n) is 8.70. The Kier molecular flexibility index (Phi) is 7.23. The van der Waals surface area contributed by atoms with E-state index >= 15 is 0 Å². The molecular weight excluding hydrogens is 496 g/mol. The number of carbonyl (C=O) groups excluding carboxylic acids is 1. The van der Waals surface area contributed by atoms with Gasteiger partial charge in [-0.1, -0.05) is 68.3 Å². The van der Waals surface area contributed by atoms with E-state index in [9.17, 15) is 10.1 Å². The van der Waals surface area contributed by atoms with Crippen molar-refractivity contribution in [1.29, 1.82) is 5.26 Å². The van der Waals surface area contributed by atoms with Crippen LogP contribution in [0.4, 0.5) is 5.69 Å². The van der Waals surface area contributed by atoms with Gasteiger partial charge in [-0.2, -0.15) is 5.26 Å². The summed E-state index contributed by atoms with van der Waals surface area (Å²) in [7, 11) is 0. The van der Waals surface area contributed by atoms with E-state index in [1.54, 1.807) is 24.3 Å². The number of halogens is 2. The second-order valence-corrected chi connectivity index (χ2v) is 7.92. The second-order valence-electron chi connectivity index (χ2n) is 6.09. The zero-order valence-corrected chi connectivity index (χ0v) is 18.4. The number of carbonyl (C=O) groups is 1. The Morgan fingerprint density at radius 2 is 1.76 bits per heavy atom. The van der Waals surface area contributed by atoms with Crippen LogP contribution >= 0.6 is 31.9 Å². The van der Waals surface area contributed by atoms with E-state index in [-0.39, 0.29) is 5.57 Å². The molecule has 29 heavy (non-hydrogen) atoms. The Bertz CT molecular complexity index is 1090. The molecule has 1 amide bonds. The van der Waals surface area contributed by atoms with Gasteiger partial charge in [0.25, 0.3) is 5.91 Å². The third-order valence-corrected chi connectivity index (χ3v) is 4.94. The first kappa shape index (κ1) is 20.8. The van der Waals surface area contributed by atoms with Crippen LogP contribution in [-0.2, 0) is 11.4 Å². The lowest BCUT2D eigenvalue weighted by atomic mass is 10.1. The lowest BCUT2D eigenvalue weighted by Crippen LogP contribution is -2.13. The predicted octanol–water partition coefficient (Wildman–Crippen LogP) is 6.34. The minimum atomic E-state index is -0.486. The zero-order chi connectivity index (χ0) is 20.6. The highest BCUT2D eigenvalue weighted by Gasteiger charge is 2.12. The molecule has 0 radical (unpaired) electrons. The Balaban J connectivity index is 1.83. The molecule has 0 aliphatic carbocycles. The summed E-state index contributed by atoms with van der Waals surface area (Å²) in [5.41, 5.74) is 2.24. The molecule has 0 spiro atoms. The number of benzene rings is 3. The van der Waals surface area contributed by atoms with Gasteiger partial charge in [0.15, 0.2) is 0 Å². The standard InChI is InChI=1S/C23H16Br2N2O2/c24-19-7-4-8-21(13-19)27-23(28)18(14-26)11-17-12-20(25)9-10-22(17)29-15-16-5-2-1-3-6-16/h1-13H,15H2,(H,27,28)/b18-11-. The molecule has 0 aliphatic rings. The molecule has 0 saturated carbocycles. The van der Waals surface area contributed by atoms with Gasteiger partial charge in [-0.15, -0.1) is 0 Å². The smallest absolute Gasteiger partial charge is 0.266 e. The molecule has 0 fully saturated rings. The number of nitrogens with zero attached hydrogens (tertiary/aromatic N) is 1. The first-order chi connectivity index (χ1) is 14.0. The molecule has 144 valence electrons. The molecule has 0 bridgehead atoms. The molecule has 0 saturated heterocycles. The van der Waals surface area contributed by atoms with E-state index in [0.717, 1.165) is 14.5 Å². The van der Waals surface area contributed by atoms with Crippen molar-refractivity contribution in [2.24, 2.45) is 0 Å². The maximum Gasteiger partial charge on any atom is 0.266 e. The molecule has 0 aromatic heterocycles. The third-order valence-electron chi connectivity index (χ3n) is 3.96. The summed E-state index contributed by atoms with van der Waals surface area (Å²) >= 11 is 6.79. The van der Waals surface area contributed by atoms with Crippen LogP contribution < -0.4 is 10.1 Å². The van der Waals surface area contributed by atoms with E-state index in [1.807, 2.05) is 54.6 Å². The molecule has 0 unspecified atom stereocenters. The summed E-state index contributed by atoms with van der Waals surface area (Å²) in [5, 5.41) is 12.3.